The molecule has 0 atom stereocenters. The van der Waals surface area contributed by atoms with Gasteiger partial charge in [0.1, 0.15) is 0 Å². The third-order valence-electron chi connectivity index (χ3n) is 2.38. The SMILES string of the molecule is C=CC[Si](Cl)(CC=C)Cc1ccccc1. The minimum atomic E-state index is -1.75. The number of benzene rings is 1. The Bertz CT molecular complexity index is 309. The molecule has 0 heterocycles. The largest absolute Gasteiger partial charge is 0.168 e. The second-order valence-electron chi connectivity index (χ2n) is 3.80. The fourth-order valence-electron chi connectivity index (χ4n) is 1.71. The molecule has 0 spiro atoms. The Hall–Kier alpha value is -0.793. The molecule has 0 saturated carbocycles. The number of hydrogen-bond acceptors (Lipinski definition) is 0. The first kappa shape index (κ1) is 12.3. The highest BCUT2D eigenvalue weighted by Gasteiger charge is 2.27. The van der Waals surface area contributed by atoms with Gasteiger partial charge in [0.25, 0.3) is 0 Å². The molecule has 1 rings (SSSR count). The van der Waals surface area contributed by atoms with Crippen LogP contribution < -0.4 is 0 Å². The fourth-order valence-corrected chi connectivity index (χ4v) is 5.28. The molecule has 0 fully saturated rings. The lowest BCUT2D eigenvalue weighted by Crippen LogP contribution is -2.29. The van der Waals surface area contributed by atoms with Gasteiger partial charge in [0, 0.05) is 0 Å². The van der Waals surface area contributed by atoms with E-state index in [1.165, 1.54) is 5.56 Å². The van der Waals surface area contributed by atoms with Gasteiger partial charge in [0.05, 0.1) is 0 Å². The summed E-state index contributed by atoms with van der Waals surface area (Å²) in [4.78, 5) is 0. The maximum absolute atomic E-state index is 6.67. The second-order valence-corrected chi connectivity index (χ2v) is 9.68. The minimum Gasteiger partial charge on any atom is -0.166 e. The average molecular weight is 237 g/mol. The third kappa shape index (κ3) is 4.06. The van der Waals surface area contributed by atoms with Gasteiger partial charge < -0.3 is 0 Å². The van der Waals surface area contributed by atoms with Crippen molar-refractivity contribution < 1.29 is 0 Å². The van der Waals surface area contributed by atoms with Crippen LogP contribution in [0.15, 0.2) is 55.6 Å². The first-order valence-electron chi connectivity index (χ1n) is 5.15. The highest BCUT2D eigenvalue weighted by Crippen LogP contribution is 2.26. The molecule has 0 unspecified atom stereocenters. The van der Waals surface area contributed by atoms with E-state index >= 15 is 0 Å². The zero-order valence-electron chi connectivity index (χ0n) is 8.95. The van der Waals surface area contributed by atoms with Gasteiger partial charge in [-0.1, -0.05) is 42.5 Å². The molecule has 1 aromatic rings. The van der Waals surface area contributed by atoms with E-state index in [0.29, 0.717) is 0 Å². The first-order chi connectivity index (χ1) is 7.20. The Balaban J connectivity index is 2.74. The highest BCUT2D eigenvalue weighted by molar-refractivity contribution is 7.20. The second kappa shape index (κ2) is 5.94. The topological polar surface area (TPSA) is 0 Å². The normalized spacial score (nSPS) is 11.0. The zero-order chi connectivity index (χ0) is 11.1. The van der Waals surface area contributed by atoms with E-state index in [2.05, 4.69) is 37.4 Å². The molecular weight excluding hydrogens is 220 g/mol. The van der Waals surface area contributed by atoms with Crippen LogP contribution in [0.2, 0.25) is 12.1 Å². The van der Waals surface area contributed by atoms with Gasteiger partial charge in [-0.2, -0.15) is 11.1 Å². The van der Waals surface area contributed by atoms with Crippen LogP contribution >= 0.6 is 11.1 Å². The minimum absolute atomic E-state index is 0.940. The van der Waals surface area contributed by atoms with Crippen molar-refractivity contribution in [3.63, 3.8) is 0 Å². The van der Waals surface area contributed by atoms with Crippen LogP contribution in [-0.4, -0.2) is 7.38 Å². The van der Waals surface area contributed by atoms with Crippen molar-refractivity contribution in [3.05, 3.63) is 61.2 Å². The highest BCUT2D eigenvalue weighted by atomic mass is 35.6. The zero-order valence-corrected chi connectivity index (χ0v) is 10.7. The molecular formula is C13H17ClSi. The lowest BCUT2D eigenvalue weighted by Gasteiger charge is -2.21. The first-order valence-corrected chi connectivity index (χ1v) is 8.78. The Kier molecular flexibility index (Phi) is 4.86. The standard InChI is InChI=1S/C13H17ClSi/c1-3-10-15(14,11-4-2)12-13-8-6-5-7-9-13/h3-9H,1-2,10-12H2. The van der Waals surface area contributed by atoms with E-state index < -0.39 is 7.38 Å². The van der Waals surface area contributed by atoms with Gasteiger partial charge in [-0.15, -0.1) is 13.2 Å². The molecule has 0 amide bonds. The van der Waals surface area contributed by atoms with E-state index in [9.17, 15) is 0 Å². The molecule has 0 bridgehead atoms. The van der Waals surface area contributed by atoms with Crippen LogP contribution in [0.25, 0.3) is 0 Å². The summed E-state index contributed by atoms with van der Waals surface area (Å²) < 4.78 is 0. The molecule has 0 aromatic heterocycles. The molecule has 0 nitrogen and oxygen atoms in total. The van der Waals surface area contributed by atoms with Crippen molar-refractivity contribution in [1.29, 1.82) is 0 Å². The van der Waals surface area contributed by atoms with Crippen LogP contribution in [0.5, 0.6) is 0 Å². The van der Waals surface area contributed by atoms with Crippen molar-refractivity contribution in [1.82, 2.24) is 0 Å². The Morgan fingerprint density at radius 2 is 1.60 bits per heavy atom. The van der Waals surface area contributed by atoms with Crippen LogP contribution in [0.4, 0.5) is 0 Å². The number of allylic oxidation sites excluding steroid dienone is 2. The van der Waals surface area contributed by atoms with Gasteiger partial charge in [0.15, 0.2) is 7.38 Å². The molecule has 0 aliphatic carbocycles. The molecule has 0 aliphatic rings. The monoisotopic (exact) mass is 236 g/mol. The molecule has 0 radical (unpaired) electrons. The van der Waals surface area contributed by atoms with Crippen LogP contribution in [-0.2, 0) is 6.04 Å². The summed E-state index contributed by atoms with van der Waals surface area (Å²) in [6, 6.07) is 13.3. The lowest BCUT2D eigenvalue weighted by atomic mass is 10.2. The van der Waals surface area contributed by atoms with Crippen LogP contribution in [0.3, 0.4) is 0 Å². The molecule has 1 aromatic carbocycles. The van der Waals surface area contributed by atoms with E-state index in [1.54, 1.807) is 0 Å². The van der Waals surface area contributed by atoms with Gasteiger partial charge in [-0.25, -0.2) is 0 Å². The summed E-state index contributed by atoms with van der Waals surface area (Å²) in [6.45, 7) is 7.57. The predicted molar refractivity (Wildman–Crippen MR) is 71.8 cm³/mol. The average Bonchev–Trinajstić information content (AvgIpc) is 2.19. The lowest BCUT2D eigenvalue weighted by molar-refractivity contribution is 1.28. The Morgan fingerprint density at radius 3 is 2.07 bits per heavy atom. The van der Waals surface area contributed by atoms with Crippen molar-refractivity contribution in [2.45, 2.75) is 18.1 Å². The summed E-state index contributed by atoms with van der Waals surface area (Å²) in [5, 5.41) is 0. The number of rotatable bonds is 6. The van der Waals surface area contributed by atoms with E-state index in [-0.39, 0.29) is 0 Å². The summed E-state index contributed by atoms with van der Waals surface area (Å²) in [5.74, 6) is 0. The maximum atomic E-state index is 6.67. The fraction of sp³-hybridized carbons (Fsp3) is 0.231. The molecule has 0 saturated heterocycles. The van der Waals surface area contributed by atoms with E-state index in [1.807, 2.05) is 18.2 Å². The molecule has 80 valence electrons. The molecule has 0 aliphatic heterocycles. The summed E-state index contributed by atoms with van der Waals surface area (Å²) >= 11 is 6.67. The van der Waals surface area contributed by atoms with E-state index in [4.69, 9.17) is 11.1 Å². The quantitative estimate of drug-likeness (QED) is 0.392. The molecule has 2 heteroatoms. The van der Waals surface area contributed by atoms with Crippen LogP contribution in [0, 0.1) is 0 Å². The van der Waals surface area contributed by atoms with Crippen molar-refractivity contribution in [2.24, 2.45) is 0 Å². The summed E-state index contributed by atoms with van der Waals surface area (Å²) in [5.41, 5.74) is 1.32. The summed E-state index contributed by atoms with van der Waals surface area (Å²) in [7, 11) is -1.75. The number of halogens is 1. The van der Waals surface area contributed by atoms with Crippen molar-refractivity contribution in [2.75, 3.05) is 0 Å². The molecule has 15 heavy (non-hydrogen) atoms. The molecule has 0 N–H and O–H groups in total. The van der Waals surface area contributed by atoms with Crippen molar-refractivity contribution >= 4 is 18.5 Å². The van der Waals surface area contributed by atoms with Gasteiger partial charge in [0.2, 0.25) is 0 Å². The Labute approximate surface area is 98.0 Å². The van der Waals surface area contributed by atoms with E-state index in [0.717, 1.165) is 18.1 Å². The third-order valence-corrected chi connectivity index (χ3v) is 6.79. The van der Waals surface area contributed by atoms with Gasteiger partial charge in [-0.05, 0) is 23.7 Å². The predicted octanol–water partition coefficient (Wildman–Crippen LogP) is 4.32. The summed E-state index contributed by atoms with van der Waals surface area (Å²) in [6.07, 6.45) is 3.87. The maximum Gasteiger partial charge on any atom is 0.168 e. The Morgan fingerprint density at radius 1 is 1.07 bits per heavy atom. The van der Waals surface area contributed by atoms with Crippen molar-refractivity contribution in [3.8, 4) is 0 Å². The number of hydrogen-bond donors (Lipinski definition) is 0. The van der Waals surface area contributed by atoms with Gasteiger partial charge in [-0.3, -0.25) is 0 Å². The van der Waals surface area contributed by atoms with Crippen LogP contribution in [0.1, 0.15) is 5.56 Å². The smallest absolute Gasteiger partial charge is 0.166 e. The van der Waals surface area contributed by atoms with Gasteiger partial charge >= 0.3 is 0 Å².